The number of carbonyl (C=O) groups is 1. The zero-order valence-electron chi connectivity index (χ0n) is 21.3. The molecule has 0 saturated heterocycles. The predicted octanol–water partition coefficient (Wildman–Crippen LogP) is 5.91. The van der Waals surface area contributed by atoms with Gasteiger partial charge in [0.1, 0.15) is 10.6 Å². The Morgan fingerprint density at radius 1 is 1.06 bits per heavy atom. The second-order valence-corrected chi connectivity index (χ2v) is 11.6. The lowest BCUT2D eigenvalue weighted by atomic mass is 9.84. The molecule has 36 heavy (non-hydrogen) atoms. The summed E-state index contributed by atoms with van der Waals surface area (Å²) in [6.45, 7) is 9.52. The molecule has 200 valence electrons. The number of hydrogen-bond acceptors (Lipinski definition) is 5. The van der Waals surface area contributed by atoms with Crippen molar-refractivity contribution >= 4 is 16.0 Å². The maximum Gasteiger partial charge on any atom is 0.416 e. The second-order valence-electron chi connectivity index (χ2n) is 10.1. The van der Waals surface area contributed by atoms with Crippen molar-refractivity contribution in [2.75, 3.05) is 20.3 Å². The molecule has 0 aliphatic rings. The van der Waals surface area contributed by atoms with Crippen LogP contribution in [0.3, 0.4) is 0 Å². The van der Waals surface area contributed by atoms with Crippen molar-refractivity contribution in [2.24, 2.45) is 11.3 Å². The van der Waals surface area contributed by atoms with E-state index in [0.717, 1.165) is 30.2 Å². The van der Waals surface area contributed by atoms with Crippen molar-refractivity contribution in [3.63, 3.8) is 0 Å². The van der Waals surface area contributed by atoms with E-state index in [1.807, 2.05) is 0 Å². The number of methoxy groups -OCH3 is 1. The third kappa shape index (κ3) is 9.46. The number of benzene rings is 2. The van der Waals surface area contributed by atoms with Crippen LogP contribution in [-0.4, -0.2) is 39.5 Å². The molecule has 10 heteroatoms. The average molecular weight is 530 g/mol. The standard InChI is InChI=1S/C26H34F3NO5S/c1-19(17-25(2,3)4)15-24(31)30(13-14-34-5)18-20-9-11-22(12-10-20)35-36(32,33)23-8-6-7-21(16-23)26(27,28)29/h6-12,16,19H,13-15,17-18H2,1-5H3. The van der Waals surface area contributed by atoms with Crippen LogP contribution in [-0.2, 0) is 32.4 Å². The third-order valence-electron chi connectivity index (χ3n) is 5.35. The molecule has 0 fully saturated rings. The van der Waals surface area contributed by atoms with Gasteiger partial charge in [-0.2, -0.15) is 21.6 Å². The van der Waals surface area contributed by atoms with Crippen molar-refractivity contribution in [3.8, 4) is 5.75 Å². The molecule has 0 radical (unpaired) electrons. The van der Waals surface area contributed by atoms with Crippen LogP contribution in [0.25, 0.3) is 0 Å². The maximum atomic E-state index is 12.9. The van der Waals surface area contributed by atoms with E-state index >= 15 is 0 Å². The van der Waals surface area contributed by atoms with E-state index in [9.17, 15) is 26.4 Å². The highest BCUT2D eigenvalue weighted by Crippen LogP contribution is 2.31. The second kappa shape index (κ2) is 12.1. The molecule has 0 aliphatic carbocycles. The summed E-state index contributed by atoms with van der Waals surface area (Å²) < 4.78 is 74.0. The molecular weight excluding hydrogens is 495 g/mol. The molecule has 0 saturated carbocycles. The van der Waals surface area contributed by atoms with Crippen molar-refractivity contribution in [3.05, 3.63) is 59.7 Å². The van der Waals surface area contributed by atoms with E-state index in [1.54, 1.807) is 24.1 Å². The largest absolute Gasteiger partial charge is 0.416 e. The van der Waals surface area contributed by atoms with Gasteiger partial charge < -0.3 is 13.8 Å². The van der Waals surface area contributed by atoms with Crippen molar-refractivity contribution < 1.29 is 35.3 Å². The van der Waals surface area contributed by atoms with Gasteiger partial charge in [-0.1, -0.05) is 45.9 Å². The summed E-state index contributed by atoms with van der Waals surface area (Å²) in [6.07, 6.45) is -3.37. The summed E-state index contributed by atoms with van der Waals surface area (Å²) in [7, 11) is -2.91. The highest BCUT2D eigenvalue weighted by Gasteiger charge is 2.32. The number of nitrogens with zero attached hydrogens (tertiary/aromatic N) is 1. The molecule has 0 N–H and O–H groups in total. The van der Waals surface area contributed by atoms with Crippen LogP contribution in [0.5, 0.6) is 5.75 Å². The van der Waals surface area contributed by atoms with Crippen LogP contribution in [0.2, 0.25) is 0 Å². The first-order valence-corrected chi connectivity index (χ1v) is 13.0. The van der Waals surface area contributed by atoms with Gasteiger partial charge >= 0.3 is 16.3 Å². The number of carbonyl (C=O) groups excluding carboxylic acids is 1. The van der Waals surface area contributed by atoms with Crippen molar-refractivity contribution in [2.45, 2.75) is 58.2 Å². The van der Waals surface area contributed by atoms with Crippen LogP contribution in [0.1, 0.15) is 51.7 Å². The number of rotatable bonds is 11. The molecule has 1 atom stereocenters. The Morgan fingerprint density at radius 2 is 1.69 bits per heavy atom. The Bertz CT molecular complexity index is 1110. The number of halogens is 3. The van der Waals surface area contributed by atoms with E-state index in [0.29, 0.717) is 32.2 Å². The molecule has 1 amide bonds. The average Bonchev–Trinajstić information content (AvgIpc) is 2.75. The summed E-state index contributed by atoms with van der Waals surface area (Å²) in [5.74, 6) is 0.153. The van der Waals surface area contributed by atoms with Gasteiger partial charge in [0.25, 0.3) is 0 Å². The topological polar surface area (TPSA) is 72.9 Å². The summed E-state index contributed by atoms with van der Waals surface area (Å²) >= 11 is 0. The van der Waals surface area contributed by atoms with Gasteiger partial charge in [-0.05, 0) is 53.6 Å². The minimum Gasteiger partial charge on any atom is -0.383 e. The number of amides is 1. The lowest BCUT2D eigenvalue weighted by molar-refractivity contribution is -0.137. The molecule has 1 unspecified atom stereocenters. The van der Waals surface area contributed by atoms with Gasteiger partial charge in [-0.25, -0.2) is 0 Å². The van der Waals surface area contributed by atoms with Crippen LogP contribution >= 0.6 is 0 Å². The molecule has 0 bridgehead atoms. The van der Waals surface area contributed by atoms with Gasteiger partial charge in [-0.3, -0.25) is 4.79 Å². The summed E-state index contributed by atoms with van der Waals surface area (Å²) in [5.41, 5.74) is -0.228. The molecule has 6 nitrogen and oxygen atoms in total. The minimum atomic E-state index is -4.68. The van der Waals surface area contributed by atoms with Gasteiger partial charge in [0.15, 0.2) is 0 Å². The first kappa shape index (κ1) is 29.6. The van der Waals surface area contributed by atoms with Crippen LogP contribution in [0, 0.1) is 11.3 Å². The molecule has 2 rings (SSSR count). The SMILES string of the molecule is COCCN(Cc1ccc(OS(=O)(=O)c2cccc(C(F)(F)F)c2)cc1)C(=O)CC(C)CC(C)(C)C. The highest BCUT2D eigenvalue weighted by atomic mass is 32.2. The maximum absolute atomic E-state index is 12.9. The lowest BCUT2D eigenvalue weighted by Gasteiger charge is -2.27. The first-order chi connectivity index (χ1) is 16.6. The lowest BCUT2D eigenvalue weighted by Crippen LogP contribution is -2.34. The predicted molar refractivity (Wildman–Crippen MR) is 131 cm³/mol. The fourth-order valence-electron chi connectivity index (χ4n) is 3.91. The zero-order chi connectivity index (χ0) is 27.1. The monoisotopic (exact) mass is 529 g/mol. The summed E-state index contributed by atoms with van der Waals surface area (Å²) in [6, 6.07) is 9.40. The van der Waals surface area contributed by atoms with Crippen molar-refractivity contribution in [1.82, 2.24) is 4.90 Å². The quantitative estimate of drug-likeness (QED) is 0.339. The zero-order valence-corrected chi connectivity index (χ0v) is 22.1. The van der Waals surface area contributed by atoms with Crippen LogP contribution in [0.15, 0.2) is 53.4 Å². The van der Waals surface area contributed by atoms with E-state index in [4.69, 9.17) is 8.92 Å². The molecule has 0 spiro atoms. The van der Waals surface area contributed by atoms with Crippen LogP contribution < -0.4 is 4.18 Å². The minimum absolute atomic E-state index is 0.00347. The first-order valence-electron chi connectivity index (χ1n) is 11.6. The molecule has 0 aromatic heterocycles. The fourth-order valence-corrected chi connectivity index (χ4v) is 4.89. The number of hydrogen-bond donors (Lipinski definition) is 0. The Balaban J connectivity index is 2.11. The third-order valence-corrected chi connectivity index (χ3v) is 6.60. The Kier molecular flexibility index (Phi) is 9.96. The van der Waals surface area contributed by atoms with E-state index < -0.39 is 26.8 Å². The van der Waals surface area contributed by atoms with E-state index in [-0.39, 0.29) is 23.0 Å². The highest BCUT2D eigenvalue weighted by molar-refractivity contribution is 7.87. The number of alkyl halides is 3. The summed E-state index contributed by atoms with van der Waals surface area (Å²) in [4.78, 5) is 14.0. The van der Waals surface area contributed by atoms with E-state index in [1.165, 1.54) is 12.1 Å². The smallest absolute Gasteiger partial charge is 0.383 e. The summed E-state index contributed by atoms with van der Waals surface area (Å²) in [5, 5.41) is 0. The van der Waals surface area contributed by atoms with E-state index in [2.05, 4.69) is 27.7 Å². The fraction of sp³-hybridized carbons (Fsp3) is 0.500. The van der Waals surface area contributed by atoms with Crippen molar-refractivity contribution in [1.29, 1.82) is 0 Å². The molecule has 2 aromatic carbocycles. The van der Waals surface area contributed by atoms with Crippen LogP contribution in [0.4, 0.5) is 13.2 Å². The number of ether oxygens (including phenoxy) is 1. The molecule has 2 aromatic rings. The van der Waals surface area contributed by atoms with Gasteiger partial charge in [0.05, 0.1) is 12.2 Å². The molecular formula is C26H34F3NO5S. The van der Waals surface area contributed by atoms with Gasteiger partial charge in [-0.15, -0.1) is 0 Å². The Labute approximate surface area is 211 Å². The Morgan fingerprint density at radius 3 is 2.25 bits per heavy atom. The normalized spacial score (nSPS) is 13.3. The Hall–Kier alpha value is -2.59. The van der Waals surface area contributed by atoms with Gasteiger partial charge in [0, 0.05) is 26.6 Å². The molecule has 0 heterocycles. The van der Waals surface area contributed by atoms with Gasteiger partial charge in [0.2, 0.25) is 5.91 Å². The molecule has 0 aliphatic heterocycles.